The van der Waals surface area contributed by atoms with Gasteiger partial charge in [-0.2, -0.15) is 0 Å². The third kappa shape index (κ3) is 3.24. The van der Waals surface area contributed by atoms with Crippen molar-refractivity contribution < 1.29 is 23.5 Å². The van der Waals surface area contributed by atoms with Gasteiger partial charge < -0.3 is 14.0 Å². The third-order valence-electron chi connectivity index (χ3n) is 3.89. The molecule has 0 aliphatic rings. The van der Waals surface area contributed by atoms with Gasteiger partial charge in [0.05, 0.1) is 18.2 Å². The van der Waals surface area contributed by atoms with E-state index in [2.05, 4.69) is 0 Å². The SMILES string of the molecule is CCn1cc(C(=O)OC)c2cc(OC(=O)c3ccc(F)cc3)ccc21. The highest BCUT2D eigenvalue weighted by atomic mass is 19.1. The van der Waals surface area contributed by atoms with Crippen LogP contribution in [0.4, 0.5) is 4.39 Å². The van der Waals surface area contributed by atoms with Gasteiger partial charge in [0.1, 0.15) is 11.6 Å². The second-order valence-electron chi connectivity index (χ2n) is 5.40. The number of ether oxygens (including phenoxy) is 2. The molecule has 25 heavy (non-hydrogen) atoms. The van der Waals surface area contributed by atoms with Gasteiger partial charge in [0.2, 0.25) is 0 Å². The van der Waals surface area contributed by atoms with Crippen molar-refractivity contribution in [1.29, 1.82) is 0 Å². The lowest BCUT2D eigenvalue weighted by atomic mass is 10.1. The molecule has 0 unspecified atom stereocenters. The maximum absolute atomic E-state index is 12.9. The quantitative estimate of drug-likeness (QED) is 0.535. The predicted molar refractivity (Wildman–Crippen MR) is 90.3 cm³/mol. The first-order chi connectivity index (χ1) is 12.0. The number of hydrogen-bond acceptors (Lipinski definition) is 4. The molecule has 3 aromatic rings. The molecular weight excluding hydrogens is 325 g/mol. The van der Waals surface area contributed by atoms with Crippen LogP contribution in [0.25, 0.3) is 10.9 Å². The van der Waals surface area contributed by atoms with E-state index in [1.54, 1.807) is 24.4 Å². The van der Waals surface area contributed by atoms with Gasteiger partial charge in [-0.1, -0.05) is 0 Å². The van der Waals surface area contributed by atoms with Crippen LogP contribution < -0.4 is 4.74 Å². The maximum Gasteiger partial charge on any atom is 0.343 e. The molecule has 0 saturated heterocycles. The molecule has 5 nitrogen and oxygen atoms in total. The van der Waals surface area contributed by atoms with E-state index in [-0.39, 0.29) is 5.56 Å². The summed E-state index contributed by atoms with van der Waals surface area (Å²) < 4.78 is 25.0. The fourth-order valence-electron chi connectivity index (χ4n) is 2.63. The van der Waals surface area contributed by atoms with E-state index in [9.17, 15) is 14.0 Å². The summed E-state index contributed by atoms with van der Waals surface area (Å²) >= 11 is 0. The van der Waals surface area contributed by atoms with Crippen LogP contribution in [0.2, 0.25) is 0 Å². The van der Waals surface area contributed by atoms with Crippen molar-refractivity contribution in [2.45, 2.75) is 13.5 Å². The van der Waals surface area contributed by atoms with Gasteiger partial charge in [-0.25, -0.2) is 14.0 Å². The second kappa shape index (κ2) is 6.76. The number of aryl methyl sites for hydroxylation is 1. The molecule has 0 saturated carbocycles. The first kappa shape index (κ1) is 16.7. The zero-order valence-corrected chi connectivity index (χ0v) is 13.8. The van der Waals surface area contributed by atoms with Crippen LogP contribution in [0.15, 0.2) is 48.7 Å². The topological polar surface area (TPSA) is 57.5 Å². The van der Waals surface area contributed by atoms with Crippen LogP contribution in [-0.2, 0) is 11.3 Å². The van der Waals surface area contributed by atoms with Crippen LogP contribution in [0.1, 0.15) is 27.6 Å². The van der Waals surface area contributed by atoms with E-state index in [1.807, 2.05) is 11.5 Å². The average Bonchev–Trinajstić information content (AvgIpc) is 2.99. The maximum atomic E-state index is 12.9. The van der Waals surface area contributed by atoms with E-state index >= 15 is 0 Å². The summed E-state index contributed by atoms with van der Waals surface area (Å²) in [7, 11) is 1.32. The highest BCUT2D eigenvalue weighted by molar-refractivity contribution is 6.05. The summed E-state index contributed by atoms with van der Waals surface area (Å²) in [5.74, 6) is -1.20. The van der Waals surface area contributed by atoms with Gasteiger partial charge in [-0.15, -0.1) is 0 Å². The highest BCUT2D eigenvalue weighted by Gasteiger charge is 2.17. The monoisotopic (exact) mass is 341 g/mol. The molecule has 0 spiro atoms. The number of carbonyl (C=O) groups excluding carboxylic acids is 2. The Morgan fingerprint density at radius 3 is 2.44 bits per heavy atom. The van der Waals surface area contributed by atoms with E-state index in [4.69, 9.17) is 9.47 Å². The Labute approximate surface area is 143 Å². The van der Waals surface area contributed by atoms with Crippen molar-refractivity contribution >= 4 is 22.8 Å². The average molecular weight is 341 g/mol. The number of halogens is 1. The lowest BCUT2D eigenvalue weighted by Crippen LogP contribution is -2.08. The van der Waals surface area contributed by atoms with Crippen LogP contribution in [0.3, 0.4) is 0 Å². The van der Waals surface area contributed by atoms with Crippen LogP contribution in [0, 0.1) is 5.82 Å². The summed E-state index contributed by atoms with van der Waals surface area (Å²) in [5, 5.41) is 0.637. The van der Waals surface area contributed by atoms with Crippen LogP contribution >= 0.6 is 0 Å². The van der Waals surface area contributed by atoms with Crippen molar-refractivity contribution in [2.24, 2.45) is 0 Å². The lowest BCUT2D eigenvalue weighted by molar-refractivity contribution is 0.0602. The number of methoxy groups -OCH3 is 1. The Morgan fingerprint density at radius 2 is 1.80 bits per heavy atom. The molecule has 0 bridgehead atoms. The first-order valence-electron chi connectivity index (χ1n) is 7.72. The molecule has 0 aliphatic carbocycles. The molecule has 0 amide bonds. The lowest BCUT2D eigenvalue weighted by Gasteiger charge is -2.06. The normalized spacial score (nSPS) is 10.7. The number of esters is 2. The molecular formula is C19H16FNO4. The zero-order chi connectivity index (χ0) is 18.0. The third-order valence-corrected chi connectivity index (χ3v) is 3.89. The fourth-order valence-corrected chi connectivity index (χ4v) is 2.63. The predicted octanol–water partition coefficient (Wildman–Crippen LogP) is 3.81. The summed E-state index contributed by atoms with van der Waals surface area (Å²) in [6, 6.07) is 10.1. The minimum Gasteiger partial charge on any atom is -0.465 e. The summed E-state index contributed by atoms with van der Waals surface area (Å²) in [6.45, 7) is 2.64. The Bertz CT molecular complexity index is 944. The number of nitrogens with zero attached hydrogens (tertiary/aromatic N) is 1. The van der Waals surface area contributed by atoms with E-state index in [0.717, 1.165) is 5.52 Å². The molecule has 1 aromatic heterocycles. The van der Waals surface area contributed by atoms with Gasteiger partial charge in [0, 0.05) is 23.6 Å². The van der Waals surface area contributed by atoms with E-state index < -0.39 is 17.8 Å². The Balaban J connectivity index is 1.96. The molecule has 0 N–H and O–H groups in total. The minimum atomic E-state index is -0.603. The van der Waals surface area contributed by atoms with E-state index in [1.165, 1.54) is 31.4 Å². The molecule has 0 fully saturated rings. The van der Waals surface area contributed by atoms with Crippen molar-refractivity contribution in [3.63, 3.8) is 0 Å². The standard InChI is InChI=1S/C19H16FNO4/c1-3-21-11-16(19(23)24-2)15-10-14(8-9-17(15)21)25-18(22)12-4-6-13(20)7-5-12/h4-11H,3H2,1-2H3. The van der Waals surface area contributed by atoms with Crippen molar-refractivity contribution in [1.82, 2.24) is 4.57 Å². The number of fused-ring (bicyclic) bond motifs is 1. The van der Waals surface area contributed by atoms with Gasteiger partial charge in [0.15, 0.2) is 0 Å². The van der Waals surface area contributed by atoms with Crippen LogP contribution in [-0.4, -0.2) is 23.6 Å². The largest absolute Gasteiger partial charge is 0.465 e. The number of aromatic nitrogens is 1. The fraction of sp³-hybridized carbons (Fsp3) is 0.158. The molecule has 1 heterocycles. The minimum absolute atomic E-state index is 0.237. The van der Waals surface area contributed by atoms with Crippen LogP contribution in [0.5, 0.6) is 5.75 Å². The molecule has 6 heteroatoms. The summed E-state index contributed by atoms with van der Waals surface area (Å²) in [4.78, 5) is 24.1. The Hall–Kier alpha value is -3.15. The molecule has 0 aliphatic heterocycles. The highest BCUT2D eigenvalue weighted by Crippen LogP contribution is 2.27. The molecule has 0 atom stereocenters. The summed E-state index contributed by atoms with van der Waals surface area (Å²) in [5.41, 5.74) is 1.48. The molecule has 2 aromatic carbocycles. The molecule has 3 rings (SSSR count). The number of benzene rings is 2. The number of carbonyl (C=O) groups is 2. The van der Waals surface area contributed by atoms with E-state index in [0.29, 0.717) is 23.2 Å². The van der Waals surface area contributed by atoms with Gasteiger partial charge >= 0.3 is 11.9 Å². The van der Waals surface area contributed by atoms with Crippen molar-refractivity contribution in [3.8, 4) is 5.75 Å². The molecule has 128 valence electrons. The Morgan fingerprint density at radius 1 is 1.08 bits per heavy atom. The summed E-state index contributed by atoms with van der Waals surface area (Å²) in [6.07, 6.45) is 1.71. The smallest absolute Gasteiger partial charge is 0.343 e. The van der Waals surface area contributed by atoms with Crippen molar-refractivity contribution in [2.75, 3.05) is 7.11 Å². The molecule has 0 radical (unpaired) electrons. The Kier molecular flexibility index (Phi) is 4.52. The van der Waals surface area contributed by atoms with Gasteiger partial charge in [0.25, 0.3) is 0 Å². The number of rotatable bonds is 4. The number of hydrogen-bond donors (Lipinski definition) is 0. The first-order valence-corrected chi connectivity index (χ1v) is 7.72. The van der Waals surface area contributed by atoms with Gasteiger partial charge in [-0.3, -0.25) is 0 Å². The van der Waals surface area contributed by atoms with Crippen molar-refractivity contribution in [3.05, 3.63) is 65.6 Å². The van der Waals surface area contributed by atoms with Gasteiger partial charge in [-0.05, 0) is 49.4 Å². The zero-order valence-electron chi connectivity index (χ0n) is 13.8. The second-order valence-corrected chi connectivity index (χ2v) is 5.40.